The number of likely N-dealkylation sites (tertiary alicyclic amines) is 1. The van der Waals surface area contributed by atoms with Gasteiger partial charge in [0.1, 0.15) is 0 Å². The summed E-state index contributed by atoms with van der Waals surface area (Å²) >= 11 is 0. The van der Waals surface area contributed by atoms with E-state index in [2.05, 4.69) is 55.1 Å². The van der Waals surface area contributed by atoms with Gasteiger partial charge in [-0.1, -0.05) is 24.3 Å². The molecule has 1 amide bonds. The van der Waals surface area contributed by atoms with Crippen molar-refractivity contribution < 1.29 is 4.79 Å². The van der Waals surface area contributed by atoms with Gasteiger partial charge in [-0.15, -0.1) is 0 Å². The Balaban J connectivity index is 1.51. The summed E-state index contributed by atoms with van der Waals surface area (Å²) in [5, 5.41) is 0. The molecule has 0 spiro atoms. The van der Waals surface area contributed by atoms with Crippen LogP contribution in [0.2, 0.25) is 0 Å². The van der Waals surface area contributed by atoms with E-state index in [-0.39, 0.29) is 5.91 Å². The lowest BCUT2D eigenvalue weighted by atomic mass is 10.1. The van der Waals surface area contributed by atoms with E-state index < -0.39 is 0 Å². The summed E-state index contributed by atoms with van der Waals surface area (Å²) in [6.07, 6.45) is 2.22. The summed E-state index contributed by atoms with van der Waals surface area (Å²) in [7, 11) is 0. The van der Waals surface area contributed by atoms with Gasteiger partial charge in [0.2, 0.25) is 0 Å². The van der Waals surface area contributed by atoms with Crippen LogP contribution >= 0.6 is 0 Å². The molecule has 24 heavy (non-hydrogen) atoms. The number of benzene rings is 2. The van der Waals surface area contributed by atoms with Gasteiger partial charge in [-0.3, -0.25) is 4.79 Å². The summed E-state index contributed by atoms with van der Waals surface area (Å²) in [5.74, 6) is 0.170. The zero-order valence-electron chi connectivity index (χ0n) is 14.4. The lowest BCUT2D eigenvalue weighted by Gasteiger charge is -2.26. The molecule has 0 aromatic heterocycles. The highest BCUT2D eigenvalue weighted by molar-refractivity contribution is 5.95. The number of hydrogen-bond acceptors (Lipinski definition) is 2. The van der Waals surface area contributed by atoms with Crippen molar-refractivity contribution in [1.82, 2.24) is 4.90 Å². The molecule has 124 valence electrons. The Morgan fingerprint density at radius 1 is 0.875 bits per heavy atom. The van der Waals surface area contributed by atoms with E-state index >= 15 is 0 Å². The Morgan fingerprint density at radius 3 is 1.96 bits per heavy atom. The van der Waals surface area contributed by atoms with E-state index in [1.54, 1.807) is 0 Å². The number of hydrogen-bond donors (Lipinski definition) is 0. The van der Waals surface area contributed by atoms with Crippen LogP contribution in [0.5, 0.6) is 0 Å². The molecule has 1 fully saturated rings. The Morgan fingerprint density at radius 2 is 1.42 bits per heavy atom. The SMILES string of the molecule is CC1CCC(C)N1C(=O)c1ccc(N2Cc3ccccc3C2)cc1. The van der Waals surface area contributed by atoms with Crippen molar-refractivity contribution in [2.24, 2.45) is 0 Å². The second-order valence-corrected chi connectivity index (χ2v) is 7.16. The van der Waals surface area contributed by atoms with Crippen molar-refractivity contribution in [3.05, 3.63) is 65.2 Å². The number of fused-ring (bicyclic) bond motifs is 1. The van der Waals surface area contributed by atoms with Gasteiger partial charge >= 0.3 is 0 Å². The minimum atomic E-state index is 0.170. The molecule has 2 aliphatic heterocycles. The highest BCUT2D eigenvalue weighted by Gasteiger charge is 2.31. The standard InChI is InChI=1S/C21H24N2O/c1-15-7-8-16(2)23(15)21(24)17-9-11-20(12-10-17)22-13-18-5-3-4-6-19(18)14-22/h3-6,9-12,15-16H,7-8,13-14H2,1-2H3. The molecule has 0 N–H and O–H groups in total. The Bertz CT molecular complexity index is 718. The maximum Gasteiger partial charge on any atom is 0.254 e. The molecule has 2 atom stereocenters. The van der Waals surface area contributed by atoms with E-state index in [0.29, 0.717) is 12.1 Å². The number of carbonyl (C=O) groups is 1. The molecule has 0 aliphatic carbocycles. The third-order valence-corrected chi connectivity index (χ3v) is 5.51. The number of carbonyl (C=O) groups excluding carboxylic acids is 1. The van der Waals surface area contributed by atoms with Gasteiger partial charge < -0.3 is 9.80 Å². The van der Waals surface area contributed by atoms with Crippen LogP contribution in [0.3, 0.4) is 0 Å². The summed E-state index contributed by atoms with van der Waals surface area (Å²) in [6, 6.07) is 17.4. The van der Waals surface area contributed by atoms with Gasteiger partial charge in [-0.2, -0.15) is 0 Å². The minimum Gasteiger partial charge on any atom is -0.363 e. The molecule has 1 saturated heterocycles. The van der Waals surface area contributed by atoms with Crippen molar-refractivity contribution >= 4 is 11.6 Å². The van der Waals surface area contributed by atoms with Gasteiger partial charge in [-0.05, 0) is 62.1 Å². The van der Waals surface area contributed by atoms with Gasteiger partial charge in [0.25, 0.3) is 5.91 Å². The maximum atomic E-state index is 12.8. The molecule has 2 aromatic carbocycles. The Kier molecular flexibility index (Phi) is 3.79. The second-order valence-electron chi connectivity index (χ2n) is 7.16. The zero-order valence-corrected chi connectivity index (χ0v) is 14.4. The Labute approximate surface area is 143 Å². The molecule has 2 heterocycles. The number of nitrogens with zero attached hydrogens (tertiary/aromatic N) is 2. The quantitative estimate of drug-likeness (QED) is 0.827. The molecule has 0 bridgehead atoms. The van der Waals surface area contributed by atoms with Crippen molar-refractivity contribution in [3.63, 3.8) is 0 Å². The van der Waals surface area contributed by atoms with E-state index in [0.717, 1.165) is 31.5 Å². The predicted molar refractivity (Wildman–Crippen MR) is 97.1 cm³/mol. The molecule has 3 nitrogen and oxygen atoms in total. The Hall–Kier alpha value is -2.29. The van der Waals surface area contributed by atoms with Crippen molar-refractivity contribution in [2.45, 2.75) is 51.9 Å². The number of anilines is 1. The van der Waals surface area contributed by atoms with Gasteiger partial charge in [0.05, 0.1) is 0 Å². The fraction of sp³-hybridized carbons (Fsp3) is 0.381. The summed E-state index contributed by atoms with van der Waals surface area (Å²) in [5.41, 5.74) is 4.79. The average molecular weight is 320 g/mol. The van der Waals surface area contributed by atoms with E-state index in [9.17, 15) is 4.79 Å². The lowest BCUT2D eigenvalue weighted by Crippen LogP contribution is -2.38. The fourth-order valence-corrected chi connectivity index (χ4v) is 4.07. The summed E-state index contributed by atoms with van der Waals surface area (Å²) < 4.78 is 0. The van der Waals surface area contributed by atoms with Crippen LogP contribution in [0.15, 0.2) is 48.5 Å². The summed E-state index contributed by atoms with van der Waals surface area (Å²) in [6.45, 7) is 6.20. The lowest BCUT2D eigenvalue weighted by molar-refractivity contribution is 0.0693. The summed E-state index contributed by atoms with van der Waals surface area (Å²) in [4.78, 5) is 17.2. The average Bonchev–Trinajstić information content (AvgIpc) is 3.18. The van der Waals surface area contributed by atoms with Crippen LogP contribution < -0.4 is 4.90 Å². The molecule has 2 unspecified atom stereocenters. The van der Waals surface area contributed by atoms with E-state index in [4.69, 9.17) is 0 Å². The molecule has 0 radical (unpaired) electrons. The smallest absolute Gasteiger partial charge is 0.254 e. The zero-order chi connectivity index (χ0) is 16.7. The monoisotopic (exact) mass is 320 g/mol. The van der Waals surface area contributed by atoms with Crippen LogP contribution in [0.4, 0.5) is 5.69 Å². The van der Waals surface area contributed by atoms with Crippen LogP contribution in [-0.2, 0) is 13.1 Å². The number of amides is 1. The fourth-order valence-electron chi connectivity index (χ4n) is 4.07. The predicted octanol–water partition coefficient (Wildman–Crippen LogP) is 4.22. The first kappa shape index (κ1) is 15.3. The van der Waals surface area contributed by atoms with Crippen LogP contribution in [-0.4, -0.2) is 22.9 Å². The highest BCUT2D eigenvalue weighted by Crippen LogP contribution is 2.29. The molecule has 3 heteroatoms. The van der Waals surface area contributed by atoms with Crippen molar-refractivity contribution in [3.8, 4) is 0 Å². The first-order valence-electron chi connectivity index (χ1n) is 8.88. The minimum absolute atomic E-state index is 0.170. The van der Waals surface area contributed by atoms with Gasteiger partial charge in [0, 0.05) is 36.4 Å². The van der Waals surface area contributed by atoms with Crippen LogP contribution in [0.1, 0.15) is 48.2 Å². The first-order valence-corrected chi connectivity index (χ1v) is 8.88. The molecule has 2 aliphatic rings. The van der Waals surface area contributed by atoms with Gasteiger partial charge in [0.15, 0.2) is 0 Å². The number of rotatable bonds is 2. The third-order valence-electron chi connectivity index (χ3n) is 5.51. The molecule has 2 aromatic rings. The second kappa shape index (κ2) is 5.97. The third kappa shape index (κ3) is 2.58. The topological polar surface area (TPSA) is 23.6 Å². The van der Waals surface area contributed by atoms with Crippen LogP contribution in [0, 0.1) is 0 Å². The molecule has 4 rings (SSSR count). The van der Waals surface area contributed by atoms with E-state index in [1.165, 1.54) is 16.8 Å². The van der Waals surface area contributed by atoms with E-state index in [1.807, 2.05) is 17.0 Å². The maximum absolute atomic E-state index is 12.8. The molecular weight excluding hydrogens is 296 g/mol. The molecular formula is C21H24N2O. The van der Waals surface area contributed by atoms with Crippen molar-refractivity contribution in [1.29, 1.82) is 0 Å². The van der Waals surface area contributed by atoms with Crippen LogP contribution in [0.25, 0.3) is 0 Å². The largest absolute Gasteiger partial charge is 0.363 e. The first-order chi connectivity index (χ1) is 11.6. The van der Waals surface area contributed by atoms with Crippen molar-refractivity contribution in [2.75, 3.05) is 4.90 Å². The normalized spacial score (nSPS) is 22.8. The molecule has 0 saturated carbocycles. The highest BCUT2D eigenvalue weighted by atomic mass is 16.2. The van der Waals surface area contributed by atoms with Gasteiger partial charge in [-0.25, -0.2) is 0 Å².